The Morgan fingerprint density at radius 3 is 1.29 bits per heavy atom. The molecule has 0 aliphatic carbocycles. The van der Waals surface area contributed by atoms with Crippen molar-refractivity contribution < 1.29 is 37.9 Å². The maximum atomic E-state index is 6.33. The molecule has 2 heterocycles. The molecule has 0 N–H and O–H groups in total. The summed E-state index contributed by atoms with van der Waals surface area (Å²) in [6.07, 6.45) is 1.17. The van der Waals surface area contributed by atoms with Crippen molar-refractivity contribution in [2.75, 3.05) is 53.9 Å². The van der Waals surface area contributed by atoms with Crippen LogP contribution in [-0.4, -0.2) is 65.4 Å². The Morgan fingerprint density at radius 1 is 0.610 bits per heavy atom. The van der Waals surface area contributed by atoms with Gasteiger partial charge in [-0.3, -0.25) is 0 Å². The van der Waals surface area contributed by atoms with Crippen molar-refractivity contribution in [1.82, 2.24) is 0 Å². The van der Waals surface area contributed by atoms with Crippen LogP contribution in [0.3, 0.4) is 0 Å². The van der Waals surface area contributed by atoms with Gasteiger partial charge in [0.2, 0.25) is 0 Å². The highest BCUT2D eigenvalue weighted by atomic mass is 16.7. The smallest absolute Gasteiger partial charge is 0.169 e. The summed E-state index contributed by atoms with van der Waals surface area (Å²) >= 11 is 0. The molecule has 2 aromatic rings. The molecule has 0 radical (unpaired) electrons. The van der Waals surface area contributed by atoms with Crippen molar-refractivity contribution in [3.05, 3.63) is 47.5 Å². The second kappa shape index (κ2) is 13.2. The molecule has 1 spiro atoms. The average molecular weight is 573 g/mol. The number of benzene rings is 2. The lowest BCUT2D eigenvalue weighted by Crippen LogP contribution is -2.58. The van der Waals surface area contributed by atoms with E-state index >= 15 is 0 Å². The van der Waals surface area contributed by atoms with Crippen molar-refractivity contribution >= 4 is 0 Å². The molecule has 4 rings (SSSR count). The number of methoxy groups -OCH3 is 2. The maximum absolute atomic E-state index is 6.33. The zero-order chi connectivity index (χ0) is 29.7. The first-order chi connectivity index (χ1) is 19.5. The summed E-state index contributed by atoms with van der Waals surface area (Å²) < 4.78 is 48.3. The van der Waals surface area contributed by atoms with E-state index in [2.05, 4.69) is 27.7 Å². The number of hydrogen-bond acceptors (Lipinski definition) is 8. The molecule has 0 bridgehead atoms. The van der Waals surface area contributed by atoms with Crippen LogP contribution in [0.5, 0.6) is 23.0 Å². The summed E-state index contributed by atoms with van der Waals surface area (Å²) in [5.74, 6) is 2.27. The minimum Gasteiger partial charge on any atom is -0.493 e. The number of ether oxygens (including phenoxy) is 8. The van der Waals surface area contributed by atoms with Crippen molar-refractivity contribution in [2.24, 2.45) is 17.3 Å². The molecule has 2 saturated heterocycles. The molecule has 0 aromatic heterocycles. The first-order valence-electron chi connectivity index (χ1n) is 14.6. The van der Waals surface area contributed by atoms with Crippen molar-refractivity contribution in [3.8, 4) is 23.0 Å². The van der Waals surface area contributed by atoms with Gasteiger partial charge in [0.25, 0.3) is 0 Å². The predicted octanol–water partition coefficient (Wildman–Crippen LogP) is 6.07. The first-order valence-corrected chi connectivity index (χ1v) is 14.6. The van der Waals surface area contributed by atoms with Crippen molar-refractivity contribution in [3.63, 3.8) is 0 Å². The Morgan fingerprint density at radius 2 is 0.976 bits per heavy atom. The van der Waals surface area contributed by atoms with E-state index in [9.17, 15) is 0 Å². The van der Waals surface area contributed by atoms with E-state index in [0.717, 1.165) is 22.6 Å². The van der Waals surface area contributed by atoms with E-state index in [-0.39, 0.29) is 5.41 Å². The minimum atomic E-state index is -0.757. The van der Waals surface area contributed by atoms with Gasteiger partial charge < -0.3 is 37.9 Å². The third-order valence-electron chi connectivity index (χ3n) is 7.39. The van der Waals surface area contributed by atoms with E-state index < -0.39 is 11.6 Å². The van der Waals surface area contributed by atoms with E-state index in [4.69, 9.17) is 37.9 Å². The fourth-order valence-electron chi connectivity index (χ4n) is 4.90. The van der Waals surface area contributed by atoms with Crippen LogP contribution in [0.1, 0.15) is 52.7 Å². The van der Waals surface area contributed by atoms with Crippen LogP contribution in [0.4, 0.5) is 0 Å². The molecule has 2 fully saturated rings. The summed E-state index contributed by atoms with van der Waals surface area (Å²) in [4.78, 5) is 0. The van der Waals surface area contributed by atoms with Gasteiger partial charge in [0.05, 0.1) is 59.3 Å². The summed E-state index contributed by atoms with van der Waals surface area (Å²) in [6, 6.07) is 12.0. The number of hydrogen-bond donors (Lipinski definition) is 0. The molecule has 2 aromatic carbocycles. The Hall–Kier alpha value is -2.52. The Balaban J connectivity index is 1.31. The SMILES string of the molecule is COc1cc(CC2(C)OCC3(CO2)COC(C)(Cc2ccc(OCC(C)C)c(OC)c2)OC3)ccc1OCC(C)C. The highest BCUT2D eigenvalue weighted by molar-refractivity contribution is 5.44. The molecule has 0 saturated carbocycles. The third-order valence-corrected chi connectivity index (χ3v) is 7.39. The average Bonchev–Trinajstić information content (AvgIpc) is 2.94. The van der Waals surface area contributed by atoms with Crippen LogP contribution in [0, 0.1) is 17.3 Å². The normalized spacial score (nSPS) is 26.4. The topological polar surface area (TPSA) is 73.8 Å². The van der Waals surface area contributed by atoms with E-state index in [1.165, 1.54) is 0 Å². The van der Waals surface area contributed by atoms with Crippen molar-refractivity contribution in [1.29, 1.82) is 0 Å². The molecule has 8 heteroatoms. The van der Waals surface area contributed by atoms with Gasteiger partial charge in [0.1, 0.15) is 0 Å². The largest absolute Gasteiger partial charge is 0.493 e. The third kappa shape index (κ3) is 8.28. The second-order valence-electron chi connectivity index (χ2n) is 12.7. The van der Waals surface area contributed by atoms with Gasteiger partial charge in [-0.05, 0) is 61.1 Å². The van der Waals surface area contributed by atoms with Crippen LogP contribution >= 0.6 is 0 Å². The van der Waals surface area contributed by atoms with Crippen molar-refractivity contribution in [2.45, 2.75) is 66.0 Å². The molecular formula is C33H48O8. The van der Waals surface area contributed by atoms with Gasteiger partial charge in [-0.25, -0.2) is 0 Å². The highest BCUT2D eigenvalue weighted by Crippen LogP contribution is 2.40. The van der Waals surface area contributed by atoms with Crippen LogP contribution < -0.4 is 18.9 Å². The molecule has 228 valence electrons. The van der Waals surface area contributed by atoms with Gasteiger partial charge in [-0.2, -0.15) is 0 Å². The lowest BCUT2D eigenvalue weighted by Gasteiger charge is -2.49. The monoisotopic (exact) mass is 572 g/mol. The van der Waals surface area contributed by atoms with Gasteiger partial charge in [0.15, 0.2) is 34.6 Å². The molecule has 8 nitrogen and oxygen atoms in total. The maximum Gasteiger partial charge on any atom is 0.169 e. The fourth-order valence-corrected chi connectivity index (χ4v) is 4.90. The summed E-state index contributed by atoms with van der Waals surface area (Å²) in [5.41, 5.74) is 1.76. The first kappa shape index (κ1) is 31.4. The van der Waals surface area contributed by atoms with Gasteiger partial charge in [-0.15, -0.1) is 0 Å². The van der Waals surface area contributed by atoms with Gasteiger partial charge >= 0.3 is 0 Å². The standard InChI is InChI=1S/C33H48O8/c1-23(2)17-36-27-11-9-25(13-29(27)34-7)15-31(5)38-19-33(20-39-31)21-40-32(6,41-22-33)16-26-10-12-28(30(14-26)35-8)37-18-24(3)4/h9-14,23-24H,15-22H2,1-8H3. The summed E-state index contributed by atoms with van der Waals surface area (Å²) in [6.45, 7) is 15.7. The Labute approximate surface area is 245 Å². The zero-order valence-corrected chi connectivity index (χ0v) is 26.0. The zero-order valence-electron chi connectivity index (χ0n) is 26.0. The quantitative estimate of drug-likeness (QED) is 0.303. The Kier molecular flexibility index (Phi) is 10.1. The van der Waals surface area contributed by atoms with Crippen LogP contribution in [0.15, 0.2) is 36.4 Å². The molecule has 0 amide bonds. The summed E-state index contributed by atoms with van der Waals surface area (Å²) in [5, 5.41) is 0. The molecule has 2 aliphatic heterocycles. The van der Waals surface area contributed by atoms with E-state index in [0.29, 0.717) is 75.8 Å². The van der Waals surface area contributed by atoms with Gasteiger partial charge in [0, 0.05) is 12.8 Å². The van der Waals surface area contributed by atoms with Crippen LogP contribution in [0.25, 0.3) is 0 Å². The molecule has 0 unspecified atom stereocenters. The van der Waals surface area contributed by atoms with E-state index in [1.54, 1.807) is 14.2 Å². The molecular weight excluding hydrogens is 524 g/mol. The van der Waals surface area contributed by atoms with Crippen LogP contribution in [-0.2, 0) is 31.8 Å². The Bertz CT molecular complexity index is 1040. The number of rotatable bonds is 12. The lowest BCUT2D eigenvalue weighted by atomic mass is 9.88. The van der Waals surface area contributed by atoms with Gasteiger partial charge in [-0.1, -0.05) is 39.8 Å². The molecule has 41 heavy (non-hydrogen) atoms. The molecule has 2 aliphatic rings. The minimum absolute atomic E-state index is 0.350. The highest BCUT2D eigenvalue weighted by Gasteiger charge is 2.48. The molecule has 0 atom stereocenters. The predicted molar refractivity (Wildman–Crippen MR) is 157 cm³/mol. The second-order valence-corrected chi connectivity index (χ2v) is 12.7. The lowest BCUT2D eigenvalue weighted by molar-refractivity contribution is -0.359. The van der Waals surface area contributed by atoms with Crippen LogP contribution in [0.2, 0.25) is 0 Å². The summed E-state index contributed by atoms with van der Waals surface area (Å²) in [7, 11) is 3.32. The fraction of sp³-hybridized carbons (Fsp3) is 0.636. The van der Waals surface area contributed by atoms with E-state index in [1.807, 2.05) is 50.2 Å².